The van der Waals surface area contributed by atoms with Crippen LogP contribution in [-0.2, 0) is 66.1 Å². The number of amides is 9. The van der Waals surface area contributed by atoms with E-state index in [1.165, 1.54) is 21.9 Å². The molecule has 11 atom stereocenters. The Bertz CT molecular complexity index is 2600. The van der Waals surface area contributed by atoms with Crippen LogP contribution in [0.25, 0.3) is 0 Å². The number of fused-ring (bicyclic) bond motifs is 2. The maximum absolute atomic E-state index is 14.8. The Kier molecular flexibility index (Phi) is 23.0. The average Bonchev–Trinajstić information content (AvgIpc) is 4.12. The molecule has 3 heterocycles. The molecule has 3 saturated heterocycles. The quantitative estimate of drug-likeness (QED) is 0.127. The van der Waals surface area contributed by atoms with Crippen LogP contribution in [-0.4, -0.2) is 143 Å². The van der Waals surface area contributed by atoms with Gasteiger partial charge in [0.15, 0.2) is 0 Å². The molecule has 0 saturated carbocycles. The number of hydrogen-bond acceptors (Lipinski definition) is 11. The summed E-state index contributed by atoms with van der Waals surface area (Å²) in [4.78, 5) is 134. The fraction of sp³-hybridized carbons (Fsp3) is 0.632. The predicted octanol–water partition coefficient (Wildman–Crippen LogP) is 2.95. The molecule has 0 aromatic heterocycles. The Morgan fingerprint density at radius 3 is 1.34 bits per heavy atom. The third-order valence-electron chi connectivity index (χ3n) is 15.4. The molecule has 0 spiro atoms. The lowest BCUT2D eigenvalue weighted by Crippen LogP contribution is -2.62. The number of carbonyl (C=O) groups is 9. The van der Waals surface area contributed by atoms with Crippen molar-refractivity contribution in [2.24, 2.45) is 29.6 Å². The van der Waals surface area contributed by atoms with Crippen LogP contribution in [0.1, 0.15) is 132 Å². The van der Waals surface area contributed by atoms with Crippen LogP contribution in [0.2, 0.25) is 0 Å². The molecule has 79 heavy (non-hydrogen) atoms. The van der Waals surface area contributed by atoms with E-state index in [-0.39, 0.29) is 57.0 Å². The minimum absolute atomic E-state index is 0.0574. The fourth-order valence-electron chi connectivity index (χ4n) is 10.4. The van der Waals surface area contributed by atoms with Crippen LogP contribution >= 0.6 is 0 Å². The molecule has 0 radical (unpaired) electrons. The summed E-state index contributed by atoms with van der Waals surface area (Å²) in [5, 5.41) is 19.9. The van der Waals surface area contributed by atoms with Gasteiger partial charge in [-0.05, 0) is 91.4 Å². The van der Waals surface area contributed by atoms with Gasteiger partial charge in [0.05, 0.1) is 4.90 Å². The summed E-state index contributed by atoms with van der Waals surface area (Å²) < 4.78 is 33.6. The maximum Gasteiger partial charge on any atom is 0.294 e. The molecular weight excluding hydrogens is 1030 g/mol. The summed E-state index contributed by atoms with van der Waals surface area (Å²) in [7, 11) is -4.60. The summed E-state index contributed by atoms with van der Waals surface area (Å²) in [6, 6.07) is 3.01. The molecule has 21 nitrogen and oxygen atoms in total. The number of nitrogens with one attached hydrogen (secondary N) is 7. The molecule has 0 aliphatic carbocycles. The molecule has 2 aromatic carbocycles. The number of rotatable bonds is 14. The lowest BCUT2D eigenvalue weighted by Gasteiger charge is -2.35. The normalized spacial score (nSPS) is 26.8. The van der Waals surface area contributed by atoms with Gasteiger partial charge in [0, 0.05) is 25.9 Å². The summed E-state index contributed by atoms with van der Waals surface area (Å²) >= 11 is 0. The Morgan fingerprint density at radius 2 is 0.873 bits per heavy atom. The number of benzene rings is 2. The Labute approximate surface area is 465 Å². The minimum atomic E-state index is -4.60. The van der Waals surface area contributed by atoms with E-state index in [1.54, 1.807) is 58.0 Å². The van der Waals surface area contributed by atoms with Gasteiger partial charge in [-0.25, -0.2) is 0 Å². The monoisotopic (exact) mass is 1120 g/mol. The first-order valence-corrected chi connectivity index (χ1v) is 29.5. The first-order valence-electron chi connectivity index (χ1n) is 28.1. The molecule has 3 aliphatic heterocycles. The SMILES string of the molecule is CC[C@H](C)[C@@H]1NC(=O)[C@H](CC(C)C)NC(=O)[C@H](Cc2ccc(S(=O)(=O)O)cc2)NC(=O)[C@H](Cc2ccccc2)NC(=O)[C@@H]2CCCN2C(=O)[C@@H]2CCCN2C(=O)[C@H](C(C)C)NC(=O)[C@H](CC(C)C)NC(=O)[C@H]([C@@H](C)CC)NC1=O. The second-order valence-electron chi connectivity index (χ2n) is 22.9. The first-order chi connectivity index (χ1) is 37.2. The fourth-order valence-corrected chi connectivity index (χ4v) is 10.9. The highest BCUT2D eigenvalue weighted by Crippen LogP contribution is 2.27. The maximum atomic E-state index is 14.8. The van der Waals surface area contributed by atoms with E-state index in [1.807, 2.05) is 41.5 Å². The first kappa shape index (κ1) is 63.4. The van der Waals surface area contributed by atoms with E-state index >= 15 is 0 Å². The predicted molar refractivity (Wildman–Crippen MR) is 296 cm³/mol. The lowest BCUT2D eigenvalue weighted by molar-refractivity contribution is -0.148. The largest absolute Gasteiger partial charge is 0.343 e. The van der Waals surface area contributed by atoms with Gasteiger partial charge in [-0.1, -0.05) is 125 Å². The van der Waals surface area contributed by atoms with Crippen LogP contribution in [0.15, 0.2) is 59.5 Å². The van der Waals surface area contributed by atoms with Crippen LogP contribution in [0.4, 0.5) is 0 Å². The van der Waals surface area contributed by atoms with Crippen molar-refractivity contribution in [1.29, 1.82) is 0 Å². The molecule has 0 unspecified atom stereocenters. The van der Waals surface area contributed by atoms with E-state index in [2.05, 4.69) is 37.2 Å². The minimum Gasteiger partial charge on any atom is -0.343 e. The number of nitrogens with zero attached hydrogens (tertiary/aromatic N) is 2. The van der Waals surface area contributed by atoms with Crippen molar-refractivity contribution < 1.29 is 56.1 Å². The van der Waals surface area contributed by atoms with Gasteiger partial charge in [0.25, 0.3) is 10.1 Å². The highest BCUT2D eigenvalue weighted by Gasteiger charge is 2.45. The third-order valence-corrected chi connectivity index (χ3v) is 16.2. The van der Waals surface area contributed by atoms with E-state index < -0.39 is 140 Å². The van der Waals surface area contributed by atoms with Gasteiger partial charge in [-0.15, -0.1) is 0 Å². The zero-order valence-electron chi connectivity index (χ0n) is 47.5. The smallest absolute Gasteiger partial charge is 0.294 e. The molecular formula is C57H85N9O12S. The summed E-state index contributed by atoms with van der Waals surface area (Å²) in [6.07, 6.45) is 2.20. The van der Waals surface area contributed by atoms with Crippen molar-refractivity contribution in [3.63, 3.8) is 0 Å². The van der Waals surface area contributed by atoms with Crippen molar-refractivity contribution >= 4 is 63.3 Å². The van der Waals surface area contributed by atoms with E-state index in [4.69, 9.17) is 0 Å². The summed E-state index contributed by atoms with van der Waals surface area (Å²) in [5.74, 6) is -7.72. The van der Waals surface area contributed by atoms with Gasteiger partial charge in [-0.3, -0.25) is 47.7 Å². The zero-order chi connectivity index (χ0) is 58.5. The van der Waals surface area contributed by atoms with Crippen molar-refractivity contribution in [1.82, 2.24) is 47.0 Å². The molecule has 0 bridgehead atoms. The Hall–Kier alpha value is -6.42. The molecule has 8 N–H and O–H groups in total. The van der Waals surface area contributed by atoms with E-state index in [0.29, 0.717) is 43.2 Å². The second-order valence-corrected chi connectivity index (χ2v) is 24.3. The van der Waals surface area contributed by atoms with Crippen molar-refractivity contribution in [3.8, 4) is 0 Å². The van der Waals surface area contributed by atoms with Crippen molar-refractivity contribution in [2.45, 2.75) is 193 Å². The van der Waals surface area contributed by atoms with Gasteiger partial charge in [0.2, 0.25) is 53.2 Å². The molecule has 9 amide bonds. The third kappa shape index (κ3) is 17.3. The molecule has 436 valence electrons. The zero-order valence-corrected chi connectivity index (χ0v) is 48.3. The highest BCUT2D eigenvalue weighted by atomic mass is 32.2. The lowest BCUT2D eigenvalue weighted by atomic mass is 9.93. The molecule has 5 rings (SSSR count). The molecule has 2 aromatic rings. The standard InChI is InChI=1S/C57H85N9O12S/c1-11-35(9)47-54(72)61-41(29-33(5)6)51(69)62-46(34(7)8)57(75)66-27-17-21-45(66)56(74)65-26-16-20-44(65)53(71)60-43(30-37-18-14-13-15-19-37)50(68)59-42(31-38-22-24-39(25-23-38)79(76,77)78)49(67)58-40(28-32(3)4)52(70)63-48(36(10)12-2)55(73)64-47/h13-15,18-19,22-25,32-36,40-48H,11-12,16-17,20-21,26-31H2,1-10H3,(H,58,67)(H,59,68)(H,60,71)(H,61,72)(H,62,69)(H,63,70)(H,64,73)(H,76,77,78)/t35-,36-,40-,41-,42-,43-,44-,45-,46-,47-,48-/m0/s1. The van der Waals surface area contributed by atoms with Crippen LogP contribution in [0, 0.1) is 29.6 Å². The second kappa shape index (κ2) is 28.6. The van der Waals surface area contributed by atoms with E-state index in [0.717, 1.165) is 12.1 Å². The molecule has 3 aliphatic rings. The number of hydrogen-bond donors (Lipinski definition) is 8. The van der Waals surface area contributed by atoms with Crippen LogP contribution in [0.3, 0.4) is 0 Å². The van der Waals surface area contributed by atoms with Crippen molar-refractivity contribution in [3.05, 3.63) is 65.7 Å². The summed E-state index contributed by atoms with van der Waals surface area (Å²) in [6.45, 7) is 18.5. The Morgan fingerprint density at radius 1 is 0.481 bits per heavy atom. The highest BCUT2D eigenvalue weighted by molar-refractivity contribution is 7.85. The summed E-state index contributed by atoms with van der Waals surface area (Å²) in [5.41, 5.74) is 0.992. The van der Waals surface area contributed by atoms with Crippen LogP contribution < -0.4 is 37.2 Å². The molecule has 22 heteroatoms. The molecule has 3 fully saturated rings. The van der Waals surface area contributed by atoms with Gasteiger partial charge in [-0.2, -0.15) is 8.42 Å². The topological polar surface area (TPSA) is 299 Å². The number of carbonyl (C=O) groups excluding carboxylic acids is 9. The van der Waals surface area contributed by atoms with Gasteiger partial charge in [0.1, 0.15) is 54.4 Å². The van der Waals surface area contributed by atoms with Gasteiger partial charge < -0.3 is 47.0 Å². The van der Waals surface area contributed by atoms with E-state index in [9.17, 15) is 56.1 Å². The van der Waals surface area contributed by atoms with Crippen LogP contribution in [0.5, 0.6) is 0 Å². The Balaban J connectivity index is 1.63. The van der Waals surface area contributed by atoms with Crippen molar-refractivity contribution in [2.75, 3.05) is 13.1 Å². The van der Waals surface area contributed by atoms with Gasteiger partial charge >= 0.3 is 0 Å². The average molecular weight is 1120 g/mol.